The molecule has 1 aromatic rings. The number of carbonyl (C=O) groups excluding carboxylic acids is 1. The molecular formula is C8H10N2O. The maximum atomic E-state index is 11.0. The molecule has 1 rings (SSSR count). The summed E-state index contributed by atoms with van der Waals surface area (Å²) in [7, 11) is 0. The van der Waals surface area contributed by atoms with Crippen LogP contribution in [0.4, 0.5) is 11.4 Å². The van der Waals surface area contributed by atoms with E-state index >= 15 is 0 Å². The molecule has 0 aliphatic carbocycles. The summed E-state index contributed by atoms with van der Waals surface area (Å²) in [6.45, 7) is -2.62. The van der Waals surface area contributed by atoms with E-state index in [9.17, 15) is 4.79 Å². The molecule has 0 radical (unpaired) electrons. The second kappa shape index (κ2) is 3.05. The number of hydrogen-bond donors (Lipinski definition) is 2. The van der Waals surface area contributed by atoms with Crippen LogP contribution in [0.15, 0.2) is 24.3 Å². The molecule has 0 bridgehead atoms. The quantitative estimate of drug-likeness (QED) is 0.596. The van der Waals surface area contributed by atoms with Crippen LogP contribution in [0.1, 0.15) is 11.0 Å². The number of carbonyl (C=O) groups is 1. The average molecular weight is 153 g/mol. The van der Waals surface area contributed by atoms with Crippen LogP contribution in [0.25, 0.3) is 0 Å². The lowest BCUT2D eigenvalue weighted by Gasteiger charge is -2.00. The zero-order valence-electron chi connectivity index (χ0n) is 8.79. The van der Waals surface area contributed by atoms with Gasteiger partial charge in [0.15, 0.2) is 0 Å². The lowest BCUT2D eigenvalue weighted by Crippen LogP contribution is -2.05. The Hall–Kier alpha value is -1.51. The first-order valence-corrected chi connectivity index (χ1v) is 3.06. The molecule has 3 heteroatoms. The highest BCUT2D eigenvalue weighted by molar-refractivity contribution is 5.88. The number of amides is 1. The highest BCUT2D eigenvalue weighted by atomic mass is 16.1. The Morgan fingerprint density at radius 3 is 2.73 bits per heavy atom. The van der Waals surface area contributed by atoms with Crippen LogP contribution in [-0.4, -0.2) is 5.91 Å². The maximum Gasteiger partial charge on any atom is 0.221 e. The molecule has 0 fully saturated rings. The molecule has 0 saturated carbocycles. The summed E-state index contributed by atoms with van der Waals surface area (Å²) < 4.78 is 20.5. The average Bonchev–Trinajstić information content (AvgIpc) is 2.07. The van der Waals surface area contributed by atoms with Gasteiger partial charge in [-0.1, -0.05) is 0 Å². The minimum Gasteiger partial charge on any atom is -0.399 e. The molecule has 0 unspecified atom stereocenters. The van der Waals surface area contributed by atoms with Crippen molar-refractivity contribution in [2.75, 3.05) is 11.1 Å². The van der Waals surface area contributed by atoms with Gasteiger partial charge in [-0.2, -0.15) is 0 Å². The molecule has 3 nitrogen and oxygen atoms in total. The van der Waals surface area contributed by atoms with Gasteiger partial charge in [-0.3, -0.25) is 4.79 Å². The second-order valence-corrected chi connectivity index (χ2v) is 2.08. The molecule has 1 aromatic carbocycles. The fraction of sp³-hybridized carbons (Fsp3) is 0.125. The summed E-state index contributed by atoms with van der Waals surface area (Å²) in [4.78, 5) is 11.0. The highest BCUT2D eigenvalue weighted by Gasteiger charge is 1.92. The normalized spacial score (nSPS) is 14.4. The lowest BCUT2D eigenvalue weighted by molar-refractivity contribution is -0.114. The number of nitrogens with two attached hydrogens (primary N) is 1. The second-order valence-electron chi connectivity index (χ2n) is 2.08. The molecule has 0 atom stereocenters. The van der Waals surface area contributed by atoms with Crippen molar-refractivity contribution < 1.29 is 8.91 Å². The third-order valence-electron chi connectivity index (χ3n) is 1.17. The third kappa shape index (κ3) is 2.29. The van der Waals surface area contributed by atoms with Crippen molar-refractivity contribution in [2.24, 2.45) is 0 Å². The Bertz CT molecular complexity index is 331. The number of hydrogen-bond acceptors (Lipinski definition) is 2. The topological polar surface area (TPSA) is 55.1 Å². The van der Waals surface area contributed by atoms with E-state index in [2.05, 4.69) is 5.32 Å². The van der Waals surface area contributed by atoms with Gasteiger partial charge >= 0.3 is 0 Å². The van der Waals surface area contributed by atoms with E-state index in [1.165, 1.54) is 0 Å². The minimum absolute atomic E-state index is 0.417. The van der Waals surface area contributed by atoms with Gasteiger partial charge in [0.05, 0.1) is 0 Å². The van der Waals surface area contributed by atoms with Crippen molar-refractivity contribution in [3.8, 4) is 0 Å². The number of nitrogens with one attached hydrogen (secondary N) is 1. The van der Waals surface area contributed by atoms with E-state index in [0.29, 0.717) is 11.4 Å². The fourth-order valence-electron chi connectivity index (χ4n) is 0.698. The van der Waals surface area contributed by atoms with Gasteiger partial charge in [-0.25, -0.2) is 0 Å². The molecule has 0 spiro atoms. The Labute approximate surface area is 69.4 Å². The standard InChI is InChI=1S/C8H10N2O/c1-6(11)10-8-4-2-7(9)3-5-8/h2-5H,9H2,1H3,(H,10,11)/i1D3. The monoisotopic (exact) mass is 153 g/mol. The van der Waals surface area contributed by atoms with Crippen molar-refractivity contribution in [3.05, 3.63) is 24.3 Å². The van der Waals surface area contributed by atoms with Gasteiger partial charge in [0.2, 0.25) is 5.91 Å². The van der Waals surface area contributed by atoms with E-state index in [4.69, 9.17) is 9.85 Å². The summed E-state index contributed by atoms with van der Waals surface area (Å²) >= 11 is 0. The van der Waals surface area contributed by atoms with Crippen LogP contribution >= 0.6 is 0 Å². The van der Waals surface area contributed by atoms with Gasteiger partial charge in [0, 0.05) is 22.3 Å². The summed E-state index contributed by atoms with van der Waals surface area (Å²) in [6, 6.07) is 6.24. The summed E-state index contributed by atoms with van der Waals surface area (Å²) in [5, 5.41) is 2.25. The number of benzene rings is 1. The Kier molecular flexibility index (Phi) is 1.22. The predicted molar refractivity (Wildman–Crippen MR) is 45.2 cm³/mol. The molecule has 1 amide bonds. The van der Waals surface area contributed by atoms with E-state index in [1.807, 2.05) is 0 Å². The first-order chi connectivity index (χ1) is 6.39. The molecular weight excluding hydrogens is 140 g/mol. The molecule has 0 saturated heterocycles. The van der Waals surface area contributed by atoms with Crippen LogP contribution in [0, 0.1) is 0 Å². The summed E-state index contributed by atoms with van der Waals surface area (Å²) in [5.41, 5.74) is 6.39. The van der Waals surface area contributed by atoms with Gasteiger partial charge in [-0.15, -0.1) is 0 Å². The van der Waals surface area contributed by atoms with E-state index in [-0.39, 0.29) is 0 Å². The van der Waals surface area contributed by atoms with Crippen LogP contribution in [0.3, 0.4) is 0 Å². The van der Waals surface area contributed by atoms with E-state index in [0.717, 1.165) is 0 Å². The fourth-order valence-corrected chi connectivity index (χ4v) is 0.698. The first-order valence-electron chi connectivity index (χ1n) is 4.56. The van der Waals surface area contributed by atoms with Crippen molar-refractivity contribution in [1.29, 1.82) is 0 Å². The molecule has 58 valence electrons. The van der Waals surface area contributed by atoms with E-state index < -0.39 is 12.8 Å². The van der Waals surface area contributed by atoms with Gasteiger partial charge in [0.1, 0.15) is 0 Å². The smallest absolute Gasteiger partial charge is 0.221 e. The zero-order chi connectivity index (χ0) is 10.8. The molecule has 0 aliphatic rings. The Morgan fingerprint density at radius 1 is 1.55 bits per heavy atom. The zero-order valence-corrected chi connectivity index (χ0v) is 5.79. The molecule has 0 aliphatic heterocycles. The van der Waals surface area contributed by atoms with Gasteiger partial charge < -0.3 is 11.1 Å². The van der Waals surface area contributed by atoms with Crippen LogP contribution in [-0.2, 0) is 4.79 Å². The highest BCUT2D eigenvalue weighted by Crippen LogP contribution is 2.09. The van der Waals surface area contributed by atoms with Crippen LogP contribution < -0.4 is 11.1 Å². The number of nitrogen functional groups attached to an aromatic ring is 1. The van der Waals surface area contributed by atoms with Gasteiger partial charge in [0.25, 0.3) is 0 Å². The first kappa shape index (κ1) is 4.38. The summed E-state index contributed by atoms with van der Waals surface area (Å²) in [5.74, 6) is -0.998. The summed E-state index contributed by atoms with van der Waals surface area (Å²) in [6.07, 6.45) is 0. The molecule has 0 heterocycles. The van der Waals surface area contributed by atoms with E-state index in [1.54, 1.807) is 24.3 Å². The third-order valence-corrected chi connectivity index (χ3v) is 1.17. The number of rotatable bonds is 1. The SMILES string of the molecule is [2H]C([2H])([2H])C(=O)Nc1ccc(N)cc1. The minimum atomic E-state index is -2.62. The molecule has 0 aromatic heterocycles. The van der Waals surface area contributed by atoms with Gasteiger partial charge in [-0.05, 0) is 24.3 Å². The van der Waals surface area contributed by atoms with Crippen LogP contribution in [0.2, 0.25) is 0 Å². The predicted octanol–water partition coefficient (Wildman–Crippen LogP) is 1.23. The Balaban J connectivity index is 2.71. The maximum absolute atomic E-state index is 11.0. The molecule has 11 heavy (non-hydrogen) atoms. The van der Waals surface area contributed by atoms with Crippen LogP contribution in [0.5, 0.6) is 0 Å². The van der Waals surface area contributed by atoms with Crippen molar-refractivity contribution >= 4 is 17.3 Å². The van der Waals surface area contributed by atoms with Crippen molar-refractivity contribution in [3.63, 3.8) is 0 Å². The Morgan fingerprint density at radius 2 is 2.18 bits per heavy atom. The van der Waals surface area contributed by atoms with Crippen molar-refractivity contribution in [1.82, 2.24) is 0 Å². The van der Waals surface area contributed by atoms with Crippen molar-refractivity contribution in [2.45, 2.75) is 6.85 Å². The largest absolute Gasteiger partial charge is 0.399 e. The molecule has 3 N–H and O–H groups in total. The lowest BCUT2D eigenvalue weighted by atomic mass is 10.3. The number of anilines is 2.